The van der Waals surface area contributed by atoms with Gasteiger partial charge in [0.1, 0.15) is 0 Å². The highest BCUT2D eigenvalue weighted by Crippen LogP contribution is 2.54. The van der Waals surface area contributed by atoms with Gasteiger partial charge in [0.05, 0.1) is 0 Å². The average molecular weight is 606 g/mol. The topological polar surface area (TPSA) is 0 Å². The van der Waals surface area contributed by atoms with Crippen LogP contribution >= 0.6 is 91.8 Å². The lowest BCUT2D eigenvalue weighted by Gasteiger charge is -2.38. The molecule has 12 heavy (non-hydrogen) atoms. The minimum Gasteiger partial charge on any atom is -0.111 e. The molecule has 1 saturated heterocycles. The molecule has 72 valence electrons. The Bertz CT molecular complexity index is 145. The Morgan fingerprint density at radius 1 is 0.500 bits per heavy atom. The summed E-state index contributed by atoms with van der Waals surface area (Å²) in [6.07, 6.45) is 0. The molecular formula is C3H6Br6Si3. The Kier molecular flexibility index (Phi) is 5.01. The molecule has 1 fully saturated rings. The van der Waals surface area contributed by atoms with Gasteiger partial charge in [-0.1, -0.05) is 0 Å². The van der Waals surface area contributed by atoms with Crippen LogP contribution < -0.4 is 0 Å². The summed E-state index contributed by atoms with van der Waals surface area (Å²) in [7, 11) is 0. The normalized spacial score (nSPS) is 31.5. The third-order valence-electron chi connectivity index (χ3n) is 1.55. The quantitative estimate of drug-likeness (QED) is 0.259. The highest BCUT2D eigenvalue weighted by atomic mass is 79.9. The predicted octanol–water partition coefficient (Wildman–Crippen LogP) is 5.31. The van der Waals surface area contributed by atoms with E-state index in [1.807, 2.05) is 0 Å². The zero-order chi connectivity index (χ0) is 9.62. The van der Waals surface area contributed by atoms with Crippen molar-refractivity contribution < 1.29 is 0 Å². The summed E-state index contributed by atoms with van der Waals surface area (Å²) in [5.41, 5.74) is 3.89. The molecule has 1 aliphatic rings. The largest absolute Gasteiger partial charge is 0.199 e. The van der Waals surface area contributed by atoms with E-state index in [-0.39, 0.29) is 0 Å². The van der Waals surface area contributed by atoms with Crippen molar-refractivity contribution in [2.24, 2.45) is 0 Å². The van der Waals surface area contributed by atoms with E-state index in [0.717, 1.165) is 0 Å². The fourth-order valence-corrected chi connectivity index (χ4v) is 108. The number of hydrogen-bond acceptors (Lipinski definition) is 0. The van der Waals surface area contributed by atoms with E-state index in [0.29, 0.717) is 0 Å². The lowest BCUT2D eigenvalue weighted by atomic mass is 11.8. The molecule has 0 amide bonds. The molecule has 0 spiro atoms. The van der Waals surface area contributed by atoms with Gasteiger partial charge >= 0.3 is 0 Å². The first kappa shape index (κ1) is 13.6. The van der Waals surface area contributed by atoms with Gasteiger partial charge in [-0.05, 0) is 17.0 Å². The van der Waals surface area contributed by atoms with Gasteiger partial charge in [-0.2, -0.15) is 0 Å². The Labute approximate surface area is 123 Å². The van der Waals surface area contributed by atoms with E-state index in [9.17, 15) is 0 Å². The second-order valence-corrected chi connectivity index (χ2v) is 49.4. The SMILES string of the molecule is Br[Si]1(Br)C[Si](Br)(Br)C[Si](Br)(Br)C1. The maximum atomic E-state index is 3.85. The molecule has 1 heterocycles. The minimum atomic E-state index is -1.30. The zero-order valence-electron chi connectivity index (χ0n) is 5.89. The van der Waals surface area contributed by atoms with Crippen LogP contribution in [0.2, 0.25) is 17.0 Å². The van der Waals surface area contributed by atoms with Crippen molar-refractivity contribution in [3.63, 3.8) is 0 Å². The third-order valence-corrected chi connectivity index (χ3v) is 44.2. The molecule has 9 heteroatoms. The molecule has 1 aliphatic heterocycles. The van der Waals surface area contributed by atoms with Crippen LogP contribution in [0.5, 0.6) is 0 Å². The van der Waals surface area contributed by atoms with E-state index in [4.69, 9.17) is 0 Å². The molecule has 0 aromatic heterocycles. The second-order valence-electron chi connectivity index (χ2n) is 3.10. The summed E-state index contributed by atoms with van der Waals surface area (Å²) >= 11 is 23.1. The van der Waals surface area contributed by atoms with Gasteiger partial charge in [0.15, 0.2) is 15.9 Å². The van der Waals surface area contributed by atoms with Crippen molar-refractivity contribution in [3.8, 4) is 0 Å². The first-order chi connectivity index (χ1) is 5.12. The molecule has 1 rings (SSSR count). The summed E-state index contributed by atoms with van der Waals surface area (Å²) in [5, 5.41) is -3.90. The van der Waals surface area contributed by atoms with Crippen molar-refractivity contribution in [2.45, 2.75) is 17.0 Å². The maximum absolute atomic E-state index is 3.85. The second kappa shape index (κ2) is 4.42. The molecule has 0 bridgehead atoms. The smallest absolute Gasteiger partial charge is 0.111 e. The molecule has 0 unspecified atom stereocenters. The molecule has 0 aliphatic carbocycles. The molecule has 0 saturated carbocycles. The lowest BCUT2D eigenvalue weighted by molar-refractivity contribution is 1.65. The first-order valence-corrected chi connectivity index (χ1v) is 24.0. The van der Waals surface area contributed by atoms with Crippen LogP contribution in [0.15, 0.2) is 0 Å². The summed E-state index contributed by atoms with van der Waals surface area (Å²) in [4.78, 5) is 0. The number of hydrogen-bond donors (Lipinski definition) is 0. The highest BCUT2D eigenvalue weighted by Gasteiger charge is 2.53. The van der Waals surface area contributed by atoms with Crippen molar-refractivity contribution >= 4 is 108 Å². The van der Waals surface area contributed by atoms with E-state index >= 15 is 0 Å². The zero-order valence-corrected chi connectivity index (χ0v) is 18.4. The van der Waals surface area contributed by atoms with Crippen molar-refractivity contribution in [1.29, 1.82) is 0 Å². The first-order valence-electron chi connectivity index (χ1n) is 3.26. The van der Waals surface area contributed by atoms with Crippen molar-refractivity contribution in [1.82, 2.24) is 0 Å². The van der Waals surface area contributed by atoms with Gasteiger partial charge in [0.25, 0.3) is 0 Å². The van der Waals surface area contributed by atoms with Gasteiger partial charge in [0, 0.05) is 0 Å². The van der Waals surface area contributed by atoms with Crippen LogP contribution in [0.25, 0.3) is 0 Å². The Hall–Kier alpha value is 3.53. The molecule has 0 nitrogen and oxygen atoms in total. The summed E-state index contributed by atoms with van der Waals surface area (Å²) < 4.78 is 0. The summed E-state index contributed by atoms with van der Waals surface area (Å²) in [6, 6.07) is 0. The number of rotatable bonds is 0. The van der Waals surface area contributed by atoms with Crippen molar-refractivity contribution in [3.05, 3.63) is 0 Å². The van der Waals surface area contributed by atoms with Crippen LogP contribution in [0.3, 0.4) is 0 Å². The molecule has 0 aromatic carbocycles. The average Bonchev–Trinajstić information content (AvgIpc) is 1.44. The predicted molar refractivity (Wildman–Crippen MR) is 85.2 cm³/mol. The molecule has 0 radical (unpaired) electrons. The fraction of sp³-hybridized carbons (Fsp3) is 1.00. The van der Waals surface area contributed by atoms with E-state index in [1.54, 1.807) is 0 Å². The van der Waals surface area contributed by atoms with Gasteiger partial charge in [0.2, 0.25) is 0 Å². The molecule has 0 atom stereocenters. The van der Waals surface area contributed by atoms with Crippen LogP contribution in [-0.4, -0.2) is 15.9 Å². The van der Waals surface area contributed by atoms with E-state index < -0.39 is 15.9 Å². The molecule has 0 aromatic rings. The standard InChI is InChI=1S/C3H6Br6Si3/c4-10(5)1-11(6,7)3-12(8,9)2-10/h1-3H2. The molecular weight excluding hydrogens is 600 g/mol. The Morgan fingerprint density at radius 2 is 0.667 bits per heavy atom. The molecule has 0 N–H and O–H groups in total. The van der Waals surface area contributed by atoms with E-state index in [2.05, 4.69) is 91.8 Å². The fourth-order valence-electron chi connectivity index (χ4n) is 1.32. The summed E-state index contributed by atoms with van der Waals surface area (Å²) in [5.74, 6) is 0. The third kappa shape index (κ3) is 4.58. The van der Waals surface area contributed by atoms with E-state index in [1.165, 1.54) is 17.0 Å². The van der Waals surface area contributed by atoms with Gasteiger partial charge < -0.3 is 0 Å². The van der Waals surface area contributed by atoms with Gasteiger partial charge in [-0.25, -0.2) is 0 Å². The van der Waals surface area contributed by atoms with Gasteiger partial charge in [-0.3, -0.25) is 0 Å². The van der Waals surface area contributed by atoms with Crippen molar-refractivity contribution in [2.75, 3.05) is 0 Å². The minimum absolute atomic E-state index is 1.30. The van der Waals surface area contributed by atoms with Crippen LogP contribution in [0.1, 0.15) is 0 Å². The Morgan fingerprint density at radius 3 is 0.833 bits per heavy atom. The highest BCUT2D eigenvalue weighted by molar-refractivity contribution is 9.56. The van der Waals surface area contributed by atoms with Crippen LogP contribution in [0.4, 0.5) is 0 Å². The Balaban J connectivity index is 2.81. The lowest BCUT2D eigenvalue weighted by Crippen LogP contribution is -2.47. The van der Waals surface area contributed by atoms with Crippen LogP contribution in [0, 0.1) is 0 Å². The monoisotopic (exact) mass is 599 g/mol. The van der Waals surface area contributed by atoms with Gasteiger partial charge in [-0.15, -0.1) is 91.8 Å². The maximum Gasteiger partial charge on any atom is 0.199 e. The van der Waals surface area contributed by atoms with Crippen LogP contribution in [-0.2, 0) is 0 Å². The number of halogens is 6. The summed E-state index contributed by atoms with van der Waals surface area (Å²) in [6.45, 7) is 0.